The Bertz CT molecular complexity index is 542. The van der Waals surface area contributed by atoms with Crippen molar-refractivity contribution in [2.45, 2.75) is 13.0 Å². The molecule has 7 heteroatoms. The number of sulfone groups is 1. The van der Waals surface area contributed by atoms with Gasteiger partial charge in [-0.1, -0.05) is 6.07 Å². The summed E-state index contributed by atoms with van der Waals surface area (Å²) in [5.74, 6) is -0.0153. The fraction of sp³-hybridized carbons (Fsp3) is 0.417. The first-order valence-electron chi connectivity index (χ1n) is 5.72. The summed E-state index contributed by atoms with van der Waals surface area (Å²) < 4.78 is 27.5. The largest absolute Gasteiger partial charge is 0.484 e. The lowest BCUT2D eigenvalue weighted by molar-refractivity contribution is -0.119. The van der Waals surface area contributed by atoms with Crippen LogP contribution in [0, 0.1) is 0 Å². The van der Waals surface area contributed by atoms with Crippen LogP contribution in [-0.4, -0.2) is 39.0 Å². The van der Waals surface area contributed by atoms with Crippen LogP contribution in [0.25, 0.3) is 0 Å². The van der Waals surface area contributed by atoms with Crippen molar-refractivity contribution in [2.75, 3.05) is 23.9 Å². The number of carbonyl (C=O) groups is 1. The van der Waals surface area contributed by atoms with Crippen LogP contribution in [0.15, 0.2) is 24.3 Å². The van der Waals surface area contributed by atoms with Crippen molar-refractivity contribution in [2.24, 2.45) is 5.73 Å². The smallest absolute Gasteiger partial charge is 0.255 e. The minimum atomic E-state index is -3.03. The van der Waals surface area contributed by atoms with Gasteiger partial charge in [-0.05, 0) is 19.1 Å². The molecule has 3 N–H and O–H groups in total. The molecule has 1 unspecified atom stereocenters. The normalized spacial score (nSPS) is 12.7. The van der Waals surface area contributed by atoms with Gasteiger partial charge in [0.1, 0.15) is 15.6 Å². The fourth-order valence-electron chi connectivity index (χ4n) is 1.61. The van der Waals surface area contributed by atoms with Crippen LogP contribution < -0.4 is 15.8 Å². The van der Waals surface area contributed by atoms with Gasteiger partial charge in [0.15, 0.2) is 6.61 Å². The van der Waals surface area contributed by atoms with E-state index < -0.39 is 15.7 Å². The third kappa shape index (κ3) is 6.66. The molecule has 1 amide bonds. The third-order valence-corrected chi connectivity index (χ3v) is 3.29. The van der Waals surface area contributed by atoms with Gasteiger partial charge < -0.3 is 15.8 Å². The van der Waals surface area contributed by atoms with Crippen molar-refractivity contribution in [3.8, 4) is 5.75 Å². The minimum absolute atomic E-state index is 0.0410. The first-order valence-corrected chi connectivity index (χ1v) is 7.78. The average Bonchev–Trinajstić information content (AvgIpc) is 2.24. The number of anilines is 1. The lowest BCUT2D eigenvalue weighted by Crippen LogP contribution is -2.25. The van der Waals surface area contributed by atoms with Crippen LogP contribution >= 0.6 is 0 Å². The molecule has 0 radical (unpaired) electrons. The minimum Gasteiger partial charge on any atom is -0.484 e. The molecule has 0 aliphatic rings. The van der Waals surface area contributed by atoms with Gasteiger partial charge in [0.25, 0.3) is 5.91 Å². The number of amides is 1. The Hall–Kier alpha value is -1.76. The van der Waals surface area contributed by atoms with E-state index in [1.165, 1.54) is 6.26 Å². The van der Waals surface area contributed by atoms with E-state index in [-0.39, 0.29) is 18.4 Å². The summed E-state index contributed by atoms with van der Waals surface area (Å²) in [5, 5.41) is 3.05. The predicted molar refractivity (Wildman–Crippen MR) is 73.9 cm³/mol. The summed E-state index contributed by atoms with van der Waals surface area (Å²) in [6, 6.07) is 6.68. The lowest BCUT2D eigenvalue weighted by Gasteiger charge is -2.15. The molecule has 0 spiro atoms. The maximum atomic E-state index is 11.2. The van der Waals surface area contributed by atoms with E-state index in [1.54, 1.807) is 31.2 Å². The van der Waals surface area contributed by atoms with Crippen LogP contribution in [0.3, 0.4) is 0 Å². The summed E-state index contributed by atoms with van der Waals surface area (Å²) in [6.45, 7) is 1.58. The Morgan fingerprint density at radius 1 is 1.47 bits per heavy atom. The summed E-state index contributed by atoms with van der Waals surface area (Å²) in [4.78, 5) is 10.6. The van der Waals surface area contributed by atoms with Crippen molar-refractivity contribution in [3.05, 3.63) is 24.3 Å². The van der Waals surface area contributed by atoms with Crippen LogP contribution in [0.1, 0.15) is 6.92 Å². The van der Waals surface area contributed by atoms with Gasteiger partial charge in [0.2, 0.25) is 0 Å². The average molecular weight is 286 g/mol. The number of carbonyl (C=O) groups excluding carboxylic acids is 1. The number of hydrogen-bond acceptors (Lipinski definition) is 5. The molecule has 1 aromatic rings. The zero-order valence-electron chi connectivity index (χ0n) is 10.9. The van der Waals surface area contributed by atoms with Crippen LogP contribution in [0.5, 0.6) is 5.75 Å². The van der Waals surface area contributed by atoms with Crippen molar-refractivity contribution in [1.29, 1.82) is 0 Å². The predicted octanol–water partition coefficient (Wildman–Crippen LogP) is 0.396. The van der Waals surface area contributed by atoms with Gasteiger partial charge in [-0.2, -0.15) is 0 Å². The molecule has 1 aromatic carbocycles. The van der Waals surface area contributed by atoms with Crippen molar-refractivity contribution in [3.63, 3.8) is 0 Å². The number of ether oxygens (including phenoxy) is 1. The number of benzene rings is 1. The summed E-state index contributed by atoms with van der Waals surface area (Å²) in [6.07, 6.45) is 1.19. The molecule has 1 atom stereocenters. The number of hydrogen-bond donors (Lipinski definition) is 2. The number of rotatable bonds is 7. The van der Waals surface area contributed by atoms with Crippen molar-refractivity contribution < 1.29 is 17.9 Å². The molecule has 106 valence electrons. The molecular formula is C12H18N2O4S. The molecule has 0 aromatic heterocycles. The van der Waals surface area contributed by atoms with Gasteiger partial charge in [0.05, 0.1) is 5.75 Å². The van der Waals surface area contributed by atoms with E-state index in [2.05, 4.69) is 5.32 Å². The highest BCUT2D eigenvalue weighted by Gasteiger charge is 2.10. The molecule has 0 aliphatic heterocycles. The Morgan fingerprint density at radius 3 is 2.74 bits per heavy atom. The second kappa shape index (κ2) is 6.42. The van der Waals surface area contributed by atoms with Gasteiger partial charge in [-0.25, -0.2) is 8.42 Å². The maximum Gasteiger partial charge on any atom is 0.255 e. The molecule has 0 aliphatic carbocycles. The number of nitrogens with two attached hydrogens (primary N) is 1. The second-order valence-electron chi connectivity index (χ2n) is 4.42. The van der Waals surface area contributed by atoms with E-state index in [0.717, 1.165) is 5.69 Å². The molecule has 0 fully saturated rings. The van der Waals surface area contributed by atoms with Crippen LogP contribution in [0.2, 0.25) is 0 Å². The molecule has 0 saturated carbocycles. The van der Waals surface area contributed by atoms with Gasteiger partial charge in [-0.15, -0.1) is 0 Å². The van der Waals surface area contributed by atoms with Gasteiger partial charge >= 0.3 is 0 Å². The highest BCUT2D eigenvalue weighted by molar-refractivity contribution is 7.90. The summed E-state index contributed by atoms with van der Waals surface area (Å²) in [5.41, 5.74) is 5.70. The summed E-state index contributed by atoms with van der Waals surface area (Å²) in [7, 11) is -3.03. The lowest BCUT2D eigenvalue weighted by atomic mass is 10.2. The molecular weight excluding hydrogens is 268 g/mol. The van der Waals surface area contributed by atoms with Crippen molar-refractivity contribution >= 4 is 21.4 Å². The third-order valence-electron chi connectivity index (χ3n) is 2.18. The Kier molecular flexibility index (Phi) is 5.17. The molecule has 0 saturated heterocycles. The van der Waals surface area contributed by atoms with E-state index in [4.69, 9.17) is 10.5 Å². The zero-order chi connectivity index (χ0) is 14.5. The molecule has 19 heavy (non-hydrogen) atoms. The van der Waals surface area contributed by atoms with Gasteiger partial charge in [-0.3, -0.25) is 4.79 Å². The quantitative estimate of drug-likeness (QED) is 0.755. The number of nitrogens with one attached hydrogen (secondary N) is 1. The van der Waals surface area contributed by atoms with E-state index >= 15 is 0 Å². The van der Waals surface area contributed by atoms with Gasteiger partial charge in [0, 0.05) is 24.1 Å². The molecule has 1 rings (SSSR count). The zero-order valence-corrected chi connectivity index (χ0v) is 11.7. The SMILES string of the molecule is CC(CS(C)(=O)=O)Nc1cccc(OCC(N)=O)c1. The highest BCUT2D eigenvalue weighted by Crippen LogP contribution is 2.18. The van der Waals surface area contributed by atoms with E-state index in [1.807, 2.05) is 0 Å². The summed E-state index contributed by atoms with van der Waals surface area (Å²) >= 11 is 0. The second-order valence-corrected chi connectivity index (χ2v) is 6.61. The van der Waals surface area contributed by atoms with E-state index in [9.17, 15) is 13.2 Å². The highest BCUT2D eigenvalue weighted by atomic mass is 32.2. The molecule has 0 bridgehead atoms. The Labute approximate surface area is 112 Å². The fourth-order valence-corrected chi connectivity index (χ4v) is 2.60. The van der Waals surface area contributed by atoms with Crippen molar-refractivity contribution in [1.82, 2.24) is 0 Å². The van der Waals surface area contributed by atoms with E-state index in [0.29, 0.717) is 5.75 Å². The molecule has 6 nitrogen and oxygen atoms in total. The number of primary amides is 1. The first-order chi connectivity index (χ1) is 8.76. The molecule has 0 heterocycles. The Balaban J connectivity index is 2.63. The van der Waals surface area contributed by atoms with Crippen LogP contribution in [0.4, 0.5) is 5.69 Å². The standard InChI is InChI=1S/C12H18N2O4S/c1-9(8-19(2,16)17)14-10-4-3-5-11(6-10)18-7-12(13)15/h3-6,9,14H,7-8H2,1-2H3,(H2,13,15). The van der Waals surface area contributed by atoms with Crippen LogP contribution in [-0.2, 0) is 14.6 Å². The maximum absolute atomic E-state index is 11.2. The first kappa shape index (κ1) is 15.3. The monoisotopic (exact) mass is 286 g/mol. The topological polar surface area (TPSA) is 98.5 Å². The Morgan fingerprint density at radius 2 is 2.16 bits per heavy atom.